The van der Waals surface area contributed by atoms with Crippen molar-refractivity contribution in [3.8, 4) is 0 Å². The van der Waals surface area contributed by atoms with E-state index in [0.29, 0.717) is 25.4 Å². The fourth-order valence-electron chi connectivity index (χ4n) is 1.43. The molecule has 0 aromatic carbocycles. The third-order valence-electron chi connectivity index (χ3n) is 2.83. The van der Waals surface area contributed by atoms with Gasteiger partial charge in [0.25, 0.3) is 0 Å². The van der Waals surface area contributed by atoms with Gasteiger partial charge in [-0.25, -0.2) is 0 Å². The lowest BCUT2D eigenvalue weighted by molar-refractivity contribution is -0.134. The first-order valence-electron chi connectivity index (χ1n) is 6.65. The van der Waals surface area contributed by atoms with Crippen LogP contribution in [0.5, 0.6) is 0 Å². The number of carbonyl (C=O) groups excluding carboxylic acids is 2. The summed E-state index contributed by atoms with van der Waals surface area (Å²) in [6.45, 7) is 11.3. The lowest BCUT2D eigenvalue weighted by atomic mass is 9.88. The zero-order chi connectivity index (χ0) is 14.3. The Kier molecular flexibility index (Phi) is 7.14. The average molecular weight is 256 g/mol. The highest BCUT2D eigenvalue weighted by atomic mass is 16.2. The summed E-state index contributed by atoms with van der Waals surface area (Å²) in [6.07, 6.45) is 0.651. The van der Waals surface area contributed by atoms with E-state index in [1.807, 2.05) is 20.8 Å². The monoisotopic (exact) mass is 256 g/mol. The minimum Gasteiger partial charge on any atom is -0.344 e. The van der Waals surface area contributed by atoms with Crippen LogP contribution in [-0.2, 0) is 9.59 Å². The number of amides is 1. The van der Waals surface area contributed by atoms with Gasteiger partial charge in [-0.1, -0.05) is 34.6 Å². The molecule has 0 heterocycles. The molecule has 0 radical (unpaired) electrons. The molecule has 0 unspecified atom stereocenters. The summed E-state index contributed by atoms with van der Waals surface area (Å²) < 4.78 is 0. The molecular formula is C14H28N2O2. The van der Waals surface area contributed by atoms with Crippen LogP contribution in [0, 0.1) is 5.41 Å². The Bertz CT molecular complexity index is 280. The molecule has 18 heavy (non-hydrogen) atoms. The number of hydrogen-bond acceptors (Lipinski definition) is 3. The van der Waals surface area contributed by atoms with E-state index in [1.54, 1.807) is 11.9 Å². The van der Waals surface area contributed by atoms with Crippen LogP contribution in [0.25, 0.3) is 0 Å². The topological polar surface area (TPSA) is 49.4 Å². The molecule has 0 aromatic heterocycles. The van der Waals surface area contributed by atoms with Crippen molar-refractivity contribution in [1.82, 2.24) is 10.2 Å². The lowest BCUT2D eigenvalue weighted by Crippen LogP contribution is -2.36. The molecule has 1 amide bonds. The summed E-state index contributed by atoms with van der Waals surface area (Å²) in [5.41, 5.74) is -0.349. The number of nitrogens with zero attached hydrogens (tertiary/aromatic N) is 1. The van der Waals surface area contributed by atoms with E-state index < -0.39 is 0 Å². The van der Waals surface area contributed by atoms with Crippen LogP contribution in [0.3, 0.4) is 0 Å². The molecule has 4 heteroatoms. The van der Waals surface area contributed by atoms with Gasteiger partial charge in [-0.3, -0.25) is 9.59 Å². The van der Waals surface area contributed by atoms with Crippen LogP contribution < -0.4 is 5.32 Å². The molecule has 0 aliphatic heterocycles. The van der Waals surface area contributed by atoms with Gasteiger partial charge in [0.05, 0.1) is 0 Å². The predicted molar refractivity (Wildman–Crippen MR) is 74.5 cm³/mol. The molecule has 0 aliphatic carbocycles. The first-order valence-corrected chi connectivity index (χ1v) is 6.65. The molecule has 0 saturated carbocycles. The maximum Gasteiger partial charge on any atom is 0.222 e. The third-order valence-corrected chi connectivity index (χ3v) is 2.83. The molecule has 0 aliphatic rings. The second-order valence-electron chi connectivity index (χ2n) is 6.10. The van der Waals surface area contributed by atoms with Gasteiger partial charge in [-0.2, -0.15) is 0 Å². The van der Waals surface area contributed by atoms with Gasteiger partial charge in [0.15, 0.2) is 0 Å². The number of Topliss-reactive ketones (excluding diaryl/α,β-unsaturated/α-hetero) is 1. The highest BCUT2D eigenvalue weighted by molar-refractivity contribution is 5.88. The maximum atomic E-state index is 11.8. The average Bonchev–Trinajstić information content (AvgIpc) is 2.23. The number of ketones is 1. The number of nitrogens with one attached hydrogen (secondary N) is 1. The molecule has 0 spiro atoms. The number of rotatable bonds is 7. The van der Waals surface area contributed by atoms with E-state index >= 15 is 0 Å². The van der Waals surface area contributed by atoms with Crippen LogP contribution in [-0.4, -0.2) is 42.8 Å². The van der Waals surface area contributed by atoms with Crippen LogP contribution >= 0.6 is 0 Å². The fraction of sp³-hybridized carbons (Fsp3) is 0.857. The summed E-state index contributed by atoms with van der Waals surface area (Å²) >= 11 is 0. The summed E-state index contributed by atoms with van der Waals surface area (Å²) in [7, 11) is 1.78. The van der Waals surface area contributed by atoms with Gasteiger partial charge in [0, 0.05) is 44.4 Å². The minimum atomic E-state index is -0.349. The SMILES string of the molecule is CC(C)NCCN(C)C(=O)CCC(=O)C(C)(C)C. The molecular weight excluding hydrogens is 228 g/mol. The normalized spacial score (nSPS) is 11.7. The molecule has 0 saturated heterocycles. The van der Waals surface area contributed by atoms with E-state index in [1.165, 1.54) is 0 Å². The first kappa shape index (κ1) is 17.1. The van der Waals surface area contributed by atoms with Gasteiger partial charge in [-0.05, 0) is 0 Å². The van der Waals surface area contributed by atoms with Gasteiger partial charge >= 0.3 is 0 Å². The van der Waals surface area contributed by atoms with Crippen molar-refractivity contribution in [3.63, 3.8) is 0 Å². The Morgan fingerprint density at radius 3 is 2.17 bits per heavy atom. The maximum absolute atomic E-state index is 11.8. The van der Waals surface area contributed by atoms with Crippen molar-refractivity contribution in [2.75, 3.05) is 20.1 Å². The zero-order valence-electron chi connectivity index (χ0n) is 12.7. The summed E-state index contributed by atoms with van der Waals surface area (Å²) in [4.78, 5) is 25.2. The quantitative estimate of drug-likeness (QED) is 0.756. The zero-order valence-corrected chi connectivity index (χ0v) is 12.7. The van der Waals surface area contributed by atoms with E-state index in [0.717, 1.165) is 6.54 Å². The Morgan fingerprint density at radius 1 is 1.17 bits per heavy atom. The summed E-state index contributed by atoms with van der Waals surface area (Å²) in [5.74, 6) is 0.183. The lowest BCUT2D eigenvalue weighted by Gasteiger charge is -2.20. The first-order chi connectivity index (χ1) is 8.14. The van der Waals surface area contributed by atoms with Gasteiger partial charge in [0.1, 0.15) is 5.78 Å². The minimum absolute atomic E-state index is 0.0400. The van der Waals surface area contributed by atoms with Gasteiger partial charge < -0.3 is 10.2 Å². The van der Waals surface area contributed by atoms with Crippen LogP contribution in [0.15, 0.2) is 0 Å². The van der Waals surface area contributed by atoms with Gasteiger partial charge in [-0.15, -0.1) is 0 Å². The van der Waals surface area contributed by atoms with Crippen molar-refractivity contribution in [2.24, 2.45) is 5.41 Å². The fourth-order valence-corrected chi connectivity index (χ4v) is 1.43. The molecule has 0 atom stereocenters. The second kappa shape index (κ2) is 7.52. The number of likely N-dealkylation sites (N-methyl/N-ethyl adjacent to an activating group) is 1. The van der Waals surface area contributed by atoms with E-state index in [4.69, 9.17) is 0 Å². The Balaban J connectivity index is 3.92. The highest BCUT2D eigenvalue weighted by Crippen LogP contribution is 2.17. The molecule has 0 rings (SSSR count). The van der Waals surface area contributed by atoms with Crippen molar-refractivity contribution in [3.05, 3.63) is 0 Å². The van der Waals surface area contributed by atoms with Crippen molar-refractivity contribution >= 4 is 11.7 Å². The number of carbonyl (C=O) groups is 2. The highest BCUT2D eigenvalue weighted by Gasteiger charge is 2.22. The molecule has 106 valence electrons. The third kappa shape index (κ3) is 7.43. The molecule has 0 aromatic rings. The molecule has 0 fully saturated rings. The summed E-state index contributed by atoms with van der Waals surface area (Å²) in [5, 5.41) is 3.26. The number of hydrogen-bond donors (Lipinski definition) is 1. The Labute approximate surface area is 111 Å². The second-order valence-corrected chi connectivity index (χ2v) is 6.10. The van der Waals surface area contributed by atoms with E-state index in [2.05, 4.69) is 19.2 Å². The van der Waals surface area contributed by atoms with Crippen LogP contribution in [0.1, 0.15) is 47.5 Å². The van der Waals surface area contributed by atoms with Crippen LogP contribution in [0.4, 0.5) is 0 Å². The molecule has 4 nitrogen and oxygen atoms in total. The molecule has 0 bridgehead atoms. The smallest absolute Gasteiger partial charge is 0.222 e. The van der Waals surface area contributed by atoms with Crippen molar-refractivity contribution in [2.45, 2.75) is 53.5 Å². The van der Waals surface area contributed by atoms with Crippen LogP contribution in [0.2, 0.25) is 0 Å². The largest absolute Gasteiger partial charge is 0.344 e. The standard InChI is InChI=1S/C14H28N2O2/c1-11(2)15-9-10-16(6)13(18)8-7-12(17)14(3,4)5/h11,15H,7-10H2,1-6H3. The van der Waals surface area contributed by atoms with Gasteiger partial charge in [0.2, 0.25) is 5.91 Å². The van der Waals surface area contributed by atoms with Crippen molar-refractivity contribution in [1.29, 1.82) is 0 Å². The van der Waals surface area contributed by atoms with E-state index in [9.17, 15) is 9.59 Å². The predicted octanol–water partition coefficient (Wildman–Crippen LogP) is 1.84. The summed E-state index contributed by atoms with van der Waals surface area (Å²) in [6, 6.07) is 0.427. The molecule has 1 N–H and O–H groups in total. The Hall–Kier alpha value is -0.900. The van der Waals surface area contributed by atoms with Crippen molar-refractivity contribution < 1.29 is 9.59 Å². The Morgan fingerprint density at radius 2 is 1.72 bits per heavy atom. The van der Waals surface area contributed by atoms with E-state index in [-0.39, 0.29) is 17.1 Å².